The molecule has 9 nitrogen and oxygen atoms in total. The molecule has 2 aromatic carbocycles. The Morgan fingerprint density at radius 1 is 1.10 bits per heavy atom. The number of fused-ring (bicyclic) bond motifs is 1. The van der Waals surface area contributed by atoms with E-state index in [1.807, 2.05) is 44.2 Å². The van der Waals surface area contributed by atoms with E-state index in [0.29, 0.717) is 35.5 Å². The molecule has 0 radical (unpaired) electrons. The fourth-order valence-corrected chi connectivity index (χ4v) is 4.76. The molecule has 2 atom stereocenters. The molecule has 2 heterocycles. The summed E-state index contributed by atoms with van der Waals surface area (Å²) in [5.74, 6) is 0.330. The quantitative estimate of drug-likeness (QED) is 0.350. The maximum absolute atomic E-state index is 13.7. The van der Waals surface area contributed by atoms with E-state index >= 15 is 0 Å². The number of nitrogens with one attached hydrogen (secondary N) is 1. The number of aliphatic carboxylic acids is 1. The van der Waals surface area contributed by atoms with Gasteiger partial charge in [0.05, 0.1) is 19.6 Å². The molecule has 2 N–H and O–H groups in total. The highest BCUT2D eigenvalue weighted by atomic mass is 16.7. The molecule has 39 heavy (non-hydrogen) atoms. The van der Waals surface area contributed by atoms with E-state index in [-0.39, 0.29) is 18.8 Å². The Balaban J connectivity index is 1.64. The fraction of sp³-hybridized carbons (Fsp3) is 0.367. The number of benzene rings is 2. The van der Waals surface area contributed by atoms with Gasteiger partial charge in [0, 0.05) is 18.2 Å². The predicted octanol–water partition coefficient (Wildman–Crippen LogP) is 4.55. The SMILES string of the molecule is CCCCC(C(=O)NC(CC(=O)O)c1ccc2c(c1)OCO2)n1cc(C)cc(Cc2ccc(OC)cc2)c1=O. The third kappa shape index (κ3) is 6.79. The van der Waals surface area contributed by atoms with E-state index in [0.717, 1.165) is 29.7 Å². The third-order valence-corrected chi connectivity index (χ3v) is 6.77. The van der Waals surface area contributed by atoms with Gasteiger partial charge in [0.15, 0.2) is 11.5 Å². The number of ether oxygens (including phenoxy) is 3. The number of carbonyl (C=O) groups is 2. The van der Waals surface area contributed by atoms with E-state index < -0.39 is 24.0 Å². The molecule has 9 heteroatoms. The van der Waals surface area contributed by atoms with Gasteiger partial charge in [0.1, 0.15) is 11.8 Å². The molecule has 0 saturated heterocycles. The zero-order valence-corrected chi connectivity index (χ0v) is 22.4. The van der Waals surface area contributed by atoms with Gasteiger partial charge in [-0.05, 0) is 60.4 Å². The van der Waals surface area contributed by atoms with Crippen molar-refractivity contribution in [3.05, 3.63) is 87.3 Å². The minimum Gasteiger partial charge on any atom is -0.497 e. The van der Waals surface area contributed by atoms with Crippen molar-refractivity contribution in [2.24, 2.45) is 0 Å². The first-order valence-corrected chi connectivity index (χ1v) is 13.0. The molecule has 1 aliphatic heterocycles. The Morgan fingerprint density at radius 3 is 2.54 bits per heavy atom. The van der Waals surface area contributed by atoms with Crippen molar-refractivity contribution in [3.8, 4) is 17.2 Å². The third-order valence-electron chi connectivity index (χ3n) is 6.77. The van der Waals surface area contributed by atoms with Gasteiger partial charge in [-0.15, -0.1) is 0 Å². The topological polar surface area (TPSA) is 116 Å². The second-order valence-corrected chi connectivity index (χ2v) is 9.71. The van der Waals surface area contributed by atoms with Crippen LogP contribution in [0.15, 0.2) is 59.5 Å². The molecule has 1 aliphatic rings. The number of carbonyl (C=O) groups excluding carboxylic acids is 1. The van der Waals surface area contributed by atoms with Gasteiger partial charge in [-0.3, -0.25) is 14.4 Å². The van der Waals surface area contributed by atoms with E-state index in [1.54, 1.807) is 31.5 Å². The molecule has 0 fully saturated rings. The number of unbranched alkanes of at least 4 members (excludes halogenated alkanes) is 1. The molecule has 3 aromatic rings. The molecule has 0 spiro atoms. The lowest BCUT2D eigenvalue weighted by atomic mass is 10.0. The van der Waals surface area contributed by atoms with Crippen molar-refractivity contribution in [2.75, 3.05) is 13.9 Å². The Kier molecular flexibility index (Phi) is 8.91. The Labute approximate surface area is 227 Å². The number of aryl methyl sites for hydroxylation is 1. The number of hydrogen-bond acceptors (Lipinski definition) is 6. The van der Waals surface area contributed by atoms with E-state index in [2.05, 4.69) is 5.32 Å². The molecule has 206 valence electrons. The highest BCUT2D eigenvalue weighted by molar-refractivity contribution is 5.81. The average molecular weight is 535 g/mol. The Hall–Kier alpha value is -4.27. The van der Waals surface area contributed by atoms with Crippen LogP contribution in [-0.4, -0.2) is 35.5 Å². The van der Waals surface area contributed by atoms with Crippen LogP contribution in [0.25, 0.3) is 0 Å². The zero-order chi connectivity index (χ0) is 27.9. The van der Waals surface area contributed by atoms with E-state index in [9.17, 15) is 19.5 Å². The summed E-state index contributed by atoms with van der Waals surface area (Å²) in [4.78, 5) is 39.1. The minimum atomic E-state index is -1.06. The maximum atomic E-state index is 13.7. The van der Waals surface area contributed by atoms with Gasteiger partial charge >= 0.3 is 5.97 Å². The summed E-state index contributed by atoms with van der Waals surface area (Å²) in [7, 11) is 1.60. The molecular weight excluding hydrogens is 500 g/mol. The highest BCUT2D eigenvalue weighted by Crippen LogP contribution is 2.35. The van der Waals surface area contributed by atoms with Gasteiger partial charge < -0.3 is 29.2 Å². The van der Waals surface area contributed by atoms with Crippen LogP contribution >= 0.6 is 0 Å². The molecular formula is C30H34N2O7. The monoisotopic (exact) mass is 534 g/mol. The molecule has 4 rings (SSSR count). The van der Waals surface area contributed by atoms with Crippen LogP contribution in [0.4, 0.5) is 0 Å². The Bertz CT molecular complexity index is 1380. The van der Waals surface area contributed by atoms with Crippen LogP contribution in [0.5, 0.6) is 17.2 Å². The minimum absolute atomic E-state index is 0.0863. The van der Waals surface area contributed by atoms with Gasteiger partial charge in [0.25, 0.3) is 5.56 Å². The summed E-state index contributed by atoms with van der Waals surface area (Å²) in [6, 6.07) is 12.9. The summed E-state index contributed by atoms with van der Waals surface area (Å²) >= 11 is 0. The van der Waals surface area contributed by atoms with Crippen LogP contribution in [0.2, 0.25) is 0 Å². The lowest BCUT2D eigenvalue weighted by Gasteiger charge is -2.25. The van der Waals surface area contributed by atoms with E-state index in [4.69, 9.17) is 14.2 Å². The first-order valence-electron chi connectivity index (χ1n) is 13.0. The standard InChI is InChI=1S/C30H34N2O7/c1-4-5-6-25(29(35)31-24(16-28(33)34)21-9-12-26-27(15-21)39-18-38-26)32-17-19(2)13-22(30(32)36)14-20-7-10-23(37-3)11-8-20/h7-13,15,17,24-25H,4-6,14,16,18H2,1-3H3,(H,31,35)(H,33,34). The number of amides is 1. The smallest absolute Gasteiger partial charge is 0.305 e. The van der Waals surface area contributed by atoms with Crippen LogP contribution in [0, 0.1) is 6.92 Å². The molecule has 1 amide bonds. The van der Waals surface area contributed by atoms with Gasteiger partial charge in [0.2, 0.25) is 12.7 Å². The summed E-state index contributed by atoms with van der Waals surface area (Å²) in [6.45, 7) is 3.99. The van der Waals surface area contributed by atoms with E-state index in [1.165, 1.54) is 4.57 Å². The summed E-state index contributed by atoms with van der Waals surface area (Å²) in [6.07, 6.45) is 3.79. The first-order chi connectivity index (χ1) is 18.8. The summed E-state index contributed by atoms with van der Waals surface area (Å²) in [5, 5.41) is 12.5. The second kappa shape index (κ2) is 12.5. The highest BCUT2D eigenvalue weighted by Gasteiger charge is 2.27. The molecule has 2 unspecified atom stereocenters. The number of methoxy groups -OCH3 is 1. The predicted molar refractivity (Wildman–Crippen MR) is 146 cm³/mol. The lowest BCUT2D eigenvalue weighted by Crippen LogP contribution is -2.40. The van der Waals surface area contributed by atoms with Crippen LogP contribution in [-0.2, 0) is 16.0 Å². The van der Waals surface area contributed by atoms with Crippen LogP contribution < -0.4 is 25.1 Å². The van der Waals surface area contributed by atoms with Crippen molar-refractivity contribution >= 4 is 11.9 Å². The number of carboxylic acids is 1. The number of hydrogen-bond donors (Lipinski definition) is 2. The maximum Gasteiger partial charge on any atom is 0.305 e. The number of rotatable bonds is 12. The Morgan fingerprint density at radius 2 is 1.85 bits per heavy atom. The van der Waals surface area contributed by atoms with Crippen LogP contribution in [0.1, 0.15) is 66.9 Å². The largest absolute Gasteiger partial charge is 0.497 e. The van der Waals surface area contributed by atoms with Gasteiger partial charge in [-0.1, -0.05) is 38.0 Å². The number of carboxylic acid groups (broad SMARTS) is 1. The normalized spacial score (nSPS) is 13.5. The zero-order valence-electron chi connectivity index (χ0n) is 22.4. The fourth-order valence-electron chi connectivity index (χ4n) is 4.76. The molecule has 0 aliphatic carbocycles. The van der Waals surface area contributed by atoms with Crippen LogP contribution in [0.3, 0.4) is 0 Å². The lowest BCUT2D eigenvalue weighted by molar-refractivity contribution is -0.138. The van der Waals surface area contributed by atoms with Gasteiger partial charge in [-0.2, -0.15) is 0 Å². The average Bonchev–Trinajstić information content (AvgIpc) is 3.39. The molecule has 0 bridgehead atoms. The second-order valence-electron chi connectivity index (χ2n) is 9.71. The van der Waals surface area contributed by atoms with Crippen molar-refractivity contribution in [1.29, 1.82) is 0 Å². The van der Waals surface area contributed by atoms with Crippen molar-refractivity contribution < 1.29 is 28.9 Å². The number of aromatic nitrogens is 1. The summed E-state index contributed by atoms with van der Waals surface area (Å²) in [5.41, 5.74) is 2.72. The van der Waals surface area contributed by atoms with Crippen molar-refractivity contribution in [1.82, 2.24) is 9.88 Å². The van der Waals surface area contributed by atoms with Crippen molar-refractivity contribution in [2.45, 2.75) is 58.0 Å². The van der Waals surface area contributed by atoms with Crippen molar-refractivity contribution in [3.63, 3.8) is 0 Å². The number of pyridine rings is 1. The van der Waals surface area contributed by atoms with Gasteiger partial charge in [-0.25, -0.2) is 0 Å². The summed E-state index contributed by atoms with van der Waals surface area (Å²) < 4.78 is 17.5. The molecule has 1 aromatic heterocycles. The molecule has 0 saturated carbocycles. The first kappa shape index (κ1) is 27.8. The number of nitrogens with zero attached hydrogens (tertiary/aromatic N) is 1.